The van der Waals surface area contributed by atoms with Gasteiger partial charge in [-0.25, -0.2) is 0 Å². The molecule has 0 radical (unpaired) electrons. The lowest BCUT2D eigenvalue weighted by Crippen LogP contribution is -1.99. The second-order valence-electron chi connectivity index (χ2n) is 3.01. The van der Waals surface area contributed by atoms with E-state index < -0.39 is 0 Å². The molecule has 15 heavy (non-hydrogen) atoms. The van der Waals surface area contributed by atoms with Crippen molar-refractivity contribution in [3.63, 3.8) is 0 Å². The highest BCUT2D eigenvalue weighted by Crippen LogP contribution is 2.32. The molecule has 0 saturated carbocycles. The predicted molar refractivity (Wildman–Crippen MR) is 61.6 cm³/mol. The summed E-state index contributed by atoms with van der Waals surface area (Å²) in [5.41, 5.74) is 0.327. The Hall–Kier alpha value is -1.03. The molecule has 1 N–H and O–H groups in total. The van der Waals surface area contributed by atoms with Gasteiger partial charge in [0.2, 0.25) is 0 Å². The molecule has 0 aromatic heterocycles. The van der Waals surface area contributed by atoms with Crippen LogP contribution in [0.15, 0.2) is 16.6 Å². The number of Topliss-reactive ketones (excluding diaryl/α,β-unsaturated/α-hetero) is 1. The lowest BCUT2D eigenvalue weighted by Gasteiger charge is -2.09. The number of rotatable bonds is 4. The third-order valence-electron chi connectivity index (χ3n) is 1.97. The molecule has 0 spiro atoms. The van der Waals surface area contributed by atoms with Crippen molar-refractivity contribution in [2.24, 2.45) is 0 Å². The van der Waals surface area contributed by atoms with Crippen molar-refractivity contribution in [1.82, 2.24) is 0 Å². The molecule has 0 heterocycles. The van der Waals surface area contributed by atoms with Crippen LogP contribution in [0.1, 0.15) is 30.6 Å². The number of carbonyl (C=O) groups is 1. The first-order valence-corrected chi connectivity index (χ1v) is 5.57. The highest BCUT2D eigenvalue weighted by molar-refractivity contribution is 9.10. The normalized spacial score (nSPS) is 10.1. The number of hydrogen-bond donors (Lipinski definition) is 1. The van der Waals surface area contributed by atoms with E-state index in [2.05, 4.69) is 15.9 Å². The van der Waals surface area contributed by atoms with E-state index in [1.807, 2.05) is 6.92 Å². The first kappa shape index (κ1) is 12.0. The van der Waals surface area contributed by atoms with Gasteiger partial charge in [-0.2, -0.15) is 0 Å². The van der Waals surface area contributed by atoms with Gasteiger partial charge in [0.25, 0.3) is 0 Å². The van der Waals surface area contributed by atoms with Gasteiger partial charge in [0.05, 0.1) is 16.6 Å². The minimum absolute atomic E-state index is 0.0338. The zero-order valence-electron chi connectivity index (χ0n) is 8.71. The number of aromatic hydroxyl groups is 1. The van der Waals surface area contributed by atoms with Crippen molar-refractivity contribution in [3.8, 4) is 11.5 Å². The van der Waals surface area contributed by atoms with Crippen molar-refractivity contribution in [3.05, 3.63) is 22.2 Å². The number of ether oxygens (including phenoxy) is 1. The Bertz CT molecular complexity index is 374. The van der Waals surface area contributed by atoms with E-state index in [4.69, 9.17) is 4.74 Å². The lowest BCUT2D eigenvalue weighted by atomic mass is 10.1. The summed E-state index contributed by atoms with van der Waals surface area (Å²) in [7, 11) is 0. The van der Waals surface area contributed by atoms with E-state index in [0.717, 1.165) is 0 Å². The summed E-state index contributed by atoms with van der Waals surface area (Å²) in [6, 6.07) is 3.04. The van der Waals surface area contributed by atoms with Crippen LogP contribution in [0.4, 0.5) is 0 Å². The Morgan fingerprint density at radius 2 is 2.13 bits per heavy atom. The average Bonchev–Trinajstić information content (AvgIpc) is 2.22. The minimum Gasteiger partial charge on any atom is -0.507 e. The first-order valence-electron chi connectivity index (χ1n) is 4.78. The van der Waals surface area contributed by atoms with Crippen LogP contribution < -0.4 is 4.74 Å². The maximum Gasteiger partial charge on any atom is 0.166 e. The van der Waals surface area contributed by atoms with Gasteiger partial charge in [-0.3, -0.25) is 4.79 Å². The third kappa shape index (κ3) is 2.72. The van der Waals surface area contributed by atoms with Gasteiger partial charge >= 0.3 is 0 Å². The molecule has 0 aliphatic heterocycles. The molecule has 0 atom stereocenters. The Morgan fingerprint density at radius 1 is 1.47 bits per heavy atom. The fraction of sp³-hybridized carbons (Fsp3) is 0.364. The fourth-order valence-electron chi connectivity index (χ4n) is 1.22. The molecule has 0 aliphatic rings. The van der Waals surface area contributed by atoms with E-state index in [-0.39, 0.29) is 11.5 Å². The van der Waals surface area contributed by atoms with Crippen LogP contribution in [0.3, 0.4) is 0 Å². The summed E-state index contributed by atoms with van der Waals surface area (Å²) in [4.78, 5) is 11.4. The number of benzene rings is 1. The van der Waals surface area contributed by atoms with Crippen molar-refractivity contribution in [1.29, 1.82) is 0 Å². The monoisotopic (exact) mass is 272 g/mol. The quantitative estimate of drug-likeness (QED) is 0.857. The van der Waals surface area contributed by atoms with Crippen LogP contribution in [-0.2, 0) is 0 Å². The molecule has 3 nitrogen and oxygen atoms in total. The summed E-state index contributed by atoms with van der Waals surface area (Å²) in [6.07, 6.45) is 0.369. The Kier molecular flexibility index (Phi) is 4.15. The smallest absolute Gasteiger partial charge is 0.166 e. The van der Waals surface area contributed by atoms with Crippen LogP contribution in [0.5, 0.6) is 11.5 Å². The van der Waals surface area contributed by atoms with Crippen molar-refractivity contribution < 1.29 is 14.6 Å². The molecule has 0 amide bonds. The zero-order chi connectivity index (χ0) is 11.4. The molecule has 1 rings (SSSR count). The predicted octanol–water partition coefficient (Wildman–Crippen LogP) is 3.15. The summed E-state index contributed by atoms with van der Waals surface area (Å²) in [5.74, 6) is 0.424. The molecule has 0 fully saturated rings. The molecular formula is C11H13BrO3. The first-order chi connectivity index (χ1) is 7.10. The van der Waals surface area contributed by atoms with Crippen LogP contribution in [-0.4, -0.2) is 17.5 Å². The lowest BCUT2D eigenvalue weighted by molar-refractivity contribution is 0.0985. The molecule has 0 aliphatic carbocycles. The second-order valence-corrected chi connectivity index (χ2v) is 3.86. The van der Waals surface area contributed by atoms with Crippen molar-refractivity contribution in [2.45, 2.75) is 20.3 Å². The van der Waals surface area contributed by atoms with Crippen LogP contribution in [0.2, 0.25) is 0 Å². The maximum absolute atomic E-state index is 11.4. The van der Waals surface area contributed by atoms with Crippen LogP contribution in [0.25, 0.3) is 0 Å². The minimum atomic E-state index is -0.0868. The summed E-state index contributed by atoms with van der Waals surface area (Å²) in [5, 5.41) is 9.62. The molecule has 0 unspecified atom stereocenters. The van der Waals surface area contributed by atoms with Gasteiger partial charge in [-0.15, -0.1) is 0 Å². The number of ketones is 1. The maximum atomic E-state index is 11.4. The molecule has 82 valence electrons. The summed E-state index contributed by atoms with van der Waals surface area (Å²) in [6.45, 7) is 4.12. The van der Waals surface area contributed by atoms with Crippen LogP contribution in [0, 0.1) is 0 Å². The van der Waals surface area contributed by atoms with E-state index in [1.165, 1.54) is 6.07 Å². The van der Waals surface area contributed by atoms with Gasteiger partial charge in [0, 0.05) is 12.5 Å². The van der Waals surface area contributed by atoms with E-state index in [1.54, 1.807) is 13.0 Å². The van der Waals surface area contributed by atoms with Crippen molar-refractivity contribution >= 4 is 21.7 Å². The van der Waals surface area contributed by atoms with Gasteiger partial charge in [0.1, 0.15) is 11.5 Å². The summed E-state index contributed by atoms with van der Waals surface area (Å²) < 4.78 is 5.95. The van der Waals surface area contributed by atoms with E-state index in [0.29, 0.717) is 28.8 Å². The SMILES string of the molecule is CCOc1cc(O)c(C(=O)CC)cc1Br. The van der Waals surface area contributed by atoms with Crippen LogP contribution >= 0.6 is 15.9 Å². The number of hydrogen-bond acceptors (Lipinski definition) is 3. The fourth-order valence-corrected chi connectivity index (χ4v) is 1.68. The summed E-state index contributed by atoms with van der Waals surface area (Å²) >= 11 is 3.29. The number of phenols is 1. The third-order valence-corrected chi connectivity index (χ3v) is 2.59. The van der Waals surface area contributed by atoms with Gasteiger partial charge in [-0.1, -0.05) is 6.92 Å². The molecule has 1 aromatic carbocycles. The second kappa shape index (κ2) is 5.16. The Balaban J connectivity index is 3.13. The number of carbonyl (C=O) groups excluding carboxylic acids is 1. The van der Waals surface area contributed by atoms with Gasteiger partial charge < -0.3 is 9.84 Å². The highest BCUT2D eigenvalue weighted by atomic mass is 79.9. The molecular weight excluding hydrogens is 260 g/mol. The molecule has 1 aromatic rings. The van der Waals surface area contributed by atoms with E-state index in [9.17, 15) is 9.90 Å². The number of phenolic OH excluding ortho intramolecular Hbond substituents is 1. The van der Waals surface area contributed by atoms with Crippen molar-refractivity contribution in [2.75, 3.05) is 6.61 Å². The number of halogens is 1. The van der Waals surface area contributed by atoms with E-state index >= 15 is 0 Å². The molecule has 4 heteroatoms. The zero-order valence-corrected chi connectivity index (χ0v) is 10.3. The average molecular weight is 273 g/mol. The Morgan fingerprint density at radius 3 is 2.67 bits per heavy atom. The standard InChI is InChI=1S/C11H13BrO3/c1-3-9(13)7-5-8(12)11(15-4-2)6-10(7)14/h5-6,14H,3-4H2,1-2H3. The highest BCUT2D eigenvalue weighted by Gasteiger charge is 2.13. The van der Waals surface area contributed by atoms with Gasteiger partial charge in [-0.05, 0) is 28.9 Å². The van der Waals surface area contributed by atoms with Gasteiger partial charge in [0.15, 0.2) is 5.78 Å². The molecule has 0 saturated heterocycles. The largest absolute Gasteiger partial charge is 0.507 e. The Labute approximate surface area is 97.2 Å². The topological polar surface area (TPSA) is 46.5 Å². The molecule has 0 bridgehead atoms.